The first-order valence-electron chi connectivity index (χ1n) is 5.35. The summed E-state index contributed by atoms with van der Waals surface area (Å²) < 4.78 is 4.65. The predicted molar refractivity (Wildman–Crippen MR) is 69.8 cm³/mol. The molecule has 0 saturated heterocycles. The molecule has 6 heteroatoms. The molecular weight excluding hydrogens is 250 g/mol. The summed E-state index contributed by atoms with van der Waals surface area (Å²) in [6.07, 6.45) is 5.08. The molecule has 18 heavy (non-hydrogen) atoms. The Morgan fingerprint density at radius 3 is 3.00 bits per heavy atom. The van der Waals surface area contributed by atoms with Crippen LogP contribution >= 0.6 is 11.3 Å². The minimum absolute atomic E-state index is 0.353. The highest BCUT2D eigenvalue weighted by molar-refractivity contribution is 7.17. The predicted octanol–water partition coefficient (Wildman–Crippen LogP) is 1.96. The number of anilines is 1. The summed E-state index contributed by atoms with van der Waals surface area (Å²) in [5, 5.41) is 0.777. The first-order valence-corrected chi connectivity index (χ1v) is 6.16. The molecule has 2 heterocycles. The van der Waals surface area contributed by atoms with E-state index < -0.39 is 0 Å². The molecule has 0 amide bonds. The van der Waals surface area contributed by atoms with E-state index >= 15 is 0 Å². The van der Waals surface area contributed by atoms with Gasteiger partial charge in [-0.1, -0.05) is 17.4 Å². The highest BCUT2D eigenvalue weighted by Crippen LogP contribution is 2.23. The van der Waals surface area contributed by atoms with Crippen molar-refractivity contribution >= 4 is 22.4 Å². The minimum atomic E-state index is -0.353. The van der Waals surface area contributed by atoms with Crippen molar-refractivity contribution < 1.29 is 9.53 Å². The van der Waals surface area contributed by atoms with Crippen LogP contribution < -0.4 is 4.90 Å². The topological polar surface area (TPSA) is 55.3 Å². The zero-order valence-electron chi connectivity index (χ0n) is 10.2. The lowest BCUT2D eigenvalue weighted by Gasteiger charge is -2.14. The van der Waals surface area contributed by atoms with Crippen molar-refractivity contribution in [1.82, 2.24) is 9.97 Å². The number of hydrogen-bond acceptors (Lipinski definition) is 6. The number of rotatable bonds is 4. The van der Waals surface area contributed by atoms with Crippen LogP contribution in [0.15, 0.2) is 30.7 Å². The van der Waals surface area contributed by atoms with Gasteiger partial charge in [0.15, 0.2) is 5.13 Å². The maximum Gasteiger partial charge on any atom is 0.349 e. The van der Waals surface area contributed by atoms with Crippen molar-refractivity contribution in [3.8, 4) is 0 Å². The number of nitrogens with zero attached hydrogens (tertiary/aromatic N) is 3. The number of esters is 1. The second-order valence-electron chi connectivity index (χ2n) is 3.72. The third kappa shape index (κ3) is 2.84. The maximum absolute atomic E-state index is 11.3. The molecule has 0 aliphatic carbocycles. The van der Waals surface area contributed by atoms with Crippen LogP contribution in [0.25, 0.3) is 0 Å². The quantitative estimate of drug-likeness (QED) is 0.789. The summed E-state index contributed by atoms with van der Waals surface area (Å²) in [7, 11) is 3.29. The van der Waals surface area contributed by atoms with Gasteiger partial charge in [0.05, 0.1) is 13.3 Å². The van der Waals surface area contributed by atoms with Crippen molar-refractivity contribution in [1.29, 1.82) is 0 Å². The Balaban J connectivity index is 2.07. The molecule has 0 atom stereocenters. The molecule has 94 valence electrons. The zero-order chi connectivity index (χ0) is 13.0. The van der Waals surface area contributed by atoms with Crippen LogP contribution in [0.4, 0.5) is 5.13 Å². The number of pyridine rings is 1. The number of carbonyl (C=O) groups excluding carboxylic acids is 1. The summed E-state index contributed by atoms with van der Waals surface area (Å²) in [4.78, 5) is 22.1. The number of carbonyl (C=O) groups is 1. The fraction of sp³-hybridized carbons (Fsp3) is 0.250. The molecule has 0 saturated carbocycles. The third-order valence-electron chi connectivity index (χ3n) is 2.35. The summed E-state index contributed by atoms with van der Waals surface area (Å²) in [6, 6.07) is 3.89. The highest BCUT2D eigenvalue weighted by atomic mass is 32.1. The van der Waals surface area contributed by atoms with Crippen LogP contribution in [0.3, 0.4) is 0 Å². The number of ether oxygens (including phenoxy) is 1. The first-order chi connectivity index (χ1) is 8.70. The minimum Gasteiger partial charge on any atom is -0.465 e. The lowest BCUT2D eigenvalue weighted by molar-refractivity contribution is 0.0606. The summed E-state index contributed by atoms with van der Waals surface area (Å²) in [6.45, 7) is 0.696. The Labute approximate surface area is 109 Å². The van der Waals surface area contributed by atoms with Crippen molar-refractivity contribution in [2.75, 3.05) is 19.1 Å². The normalized spacial score (nSPS) is 10.1. The van der Waals surface area contributed by atoms with E-state index in [-0.39, 0.29) is 5.97 Å². The smallest absolute Gasteiger partial charge is 0.349 e. The molecule has 0 radical (unpaired) electrons. The van der Waals surface area contributed by atoms with Gasteiger partial charge >= 0.3 is 5.97 Å². The Hall–Kier alpha value is -1.95. The van der Waals surface area contributed by atoms with Gasteiger partial charge in [-0.15, -0.1) is 0 Å². The lowest BCUT2D eigenvalue weighted by atomic mass is 10.3. The molecule has 0 aliphatic heterocycles. The van der Waals surface area contributed by atoms with Crippen LogP contribution in [0.1, 0.15) is 15.2 Å². The van der Waals surface area contributed by atoms with Gasteiger partial charge in [0.25, 0.3) is 0 Å². The maximum atomic E-state index is 11.3. The molecule has 0 fully saturated rings. The van der Waals surface area contributed by atoms with Crippen LogP contribution in [-0.4, -0.2) is 30.1 Å². The van der Waals surface area contributed by atoms with E-state index in [1.54, 1.807) is 6.20 Å². The van der Waals surface area contributed by atoms with E-state index in [1.165, 1.54) is 24.6 Å². The van der Waals surface area contributed by atoms with E-state index in [0.717, 1.165) is 10.7 Å². The molecule has 0 N–H and O–H groups in total. The fourth-order valence-corrected chi connectivity index (χ4v) is 2.26. The van der Waals surface area contributed by atoms with Gasteiger partial charge < -0.3 is 9.64 Å². The second-order valence-corrected chi connectivity index (χ2v) is 4.73. The average Bonchev–Trinajstić information content (AvgIpc) is 2.88. The van der Waals surface area contributed by atoms with E-state index in [9.17, 15) is 4.79 Å². The molecule has 5 nitrogen and oxygen atoms in total. The monoisotopic (exact) mass is 263 g/mol. The van der Waals surface area contributed by atoms with Gasteiger partial charge in [0, 0.05) is 26.0 Å². The van der Waals surface area contributed by atoms with Gasteiger partial charge in [-0.25, -0.2) is 9.78 Å². The summed E-state index contributed by atoms with van der Waals surface area (Å²) in [5.41, 5.74) is 1.09. The van der Waals surface area contributed by atoms with Gasteiger partial charge in [0.1, 0.15) is 4.88 Å². The molecule has 0 aromatic carbocycles. The zero-order valence-corrected chi connectivity index (χ0v) is 11.0. The molecule has 0 bridgehead atoms. The first kappa shape index (κ1) is 12.5. The Morgan fingerprint density at radius 2 is 2.33 bits per heavy atom. The molecule has 0 aliphatic rings. The van der Waals surface area contributed by atoms with Crippen LogP contribution in [-0.2, 0) is 11.3 Å². The van der Waals surface area contributed by atoms with Gasteiger partial charge in [0.2, 0.25) is 0 Å². The van der Waals surface area contributed by atoms with Gasteiger partial charge in [-0.05, 0) is 11.6 Å². The number of thiazole rings is 1. The molecule has 2 rings (SSSR count). The van der Waals surface area contributed by atoms with Crippen molar-refractivity contribution in [3.05, 3.63) is 41.2 Å². The largest absolute Gasteiger partial charge is 0.465 e. The summed E-state index contributed by atoms with van der Waals surface area (Å²) in [5.74, 6) is -0.353. The standard InChI is InChI=1S/C12H13N3O2S/c1-15(8-9-4-3-5-13-6-9)12-14-7-10(18-12)11(16)17-2/h3-7H,8H2,1-2H3. The van der Waals surface area contributed by atoms with Crippen molar-refractivity contribution in [2.24, 2.45) is 0 Å². The molecule has 0 unspecified atom stereocenters. The van der Waals surface area contributed by atoms with Gasteiger partial charge in [-0.2, -0.15) is 0 Å². The fourth-order valence-electron chi connectivity index (χ4n) is 1.47. The summed E-state index contributed by atoms with van der Waals surface area (Å²) >= 11 is 1.31. The molecular formula is C12H13N3O2S. The van der Waals surface area contributed by atoms with E-state index in [1.807, 2.05) is 30.3 Å². The lowest BCUT2D eigenvalue weighted by Crippen LogP contribution is -2.15. The van der Waals surface area contributed by atoms with Gasteiger partial charge in [-0.3, -0.25) is 4.98 Å². The molecule has 0 spiro atoms. The average molecular weight is 263 g/mol. The molecule has 2 aromatic heterocycles. The van der Waals surface area contributed by atoms with E-state index in [2.05, 4.69) is 14.7 Å². The van der Waals surface area contributed by atoms with Crippen molar-refractivity contribution in [2.45, 2.75) is 6.54 Å². The number of methoxy groups -OCH3 is 1. The number of aromatic nitrogens is 2. The van der Waals surface area contributed by atoms with E-state index in [4.69, 9.17) is 0 Å². The Kier molecular flexibility index (Phi) is 3.88. The SMILES string of the molecule is COC(=O)c1cnc(N(C)Cc2cccnc2)s1. The van der Waals surface area contributed by atoms with Crippen molar-refractivity contribution in [3.63, 3.8) is 0 Å². The van der Waals surface area contributed by atoms with Crippen LogP contribution in [0.5, 0.6) is 0 Å². The van der Waals surface area contributed by atoms with E-state index in [0.29, 0.717) is 11.4 Å². The number of hydrogen-bond donors (Lipinski definition) is 0. The highest BCUT2D eigenvalue weighted by Gasteiger charge is 2.13. The Morgan fingerprint density at radius 1 is 1.50 bits per heavy atom. The second kappa shape index (κ2) is 5.59. The van der Waals surface area contributed by atoms with Crippen LogP contribution in [0, 0.1) is 0 Å². The third-order valence-corrected chi connectivity index (χ3v) is 3.44. The molecule has 2 aromatic rings. The van der Waals surface area contributed by atoms with Crippen LogP contribution in [0.2, 0.25) is 0 Å². The Bertz CT molecular complexity index is 527.